The summed E-state index contributed by atoms with van der Waals surface area (Å²) in [7, 11) is -4.95. The van der Waals surface area contributed by atoms with E-state index in [2.05, 4.69) is 0 Å². The Labute approximate surface area is 202 Å². The molecule has 0 spiro atoms. The zero-order chi connectivity index (χ0) is 26.2. The van der Waals surface area contributed by atoms with E-state index in [4.69, 9.17) is 28.0 Å². The number of aliphatic hydroxyl groups is 1. The molecule has 13 heteroatoms. The average Bonchev–Trinajstić information content (AvgIpc) is 2.76. The number of halogens is 2. The van der Waals surface area contributed by atoms with E-state index in [-0.39, 0.29) is 19.8 Å². The Bertz CT molecular complexity index is 874. The fourth-order valence-electron chi connectivity index (χ4n) is 3.51. The van der Waals surface area contributed by atoms with Gasteiger partial charge >= 0.3 is 25.2 Å². The molecule has 2 rings (SSSR count). The molecule has 1 heterocycles. The second kappa shape index (κ2) is 12.8. The molecule has 35 heavy (non-hydrogen) atoms. The van der Waals surface area contributed by atoms with Gasteiger partial charge in [0.2, 0.25) is 6.29 Å². The first-order chi connectivity index (χ1) is 16.4. The topological polar surface area (TPSA) is 127 Å². The molecular formula is C22H31F2O10P. The fraction of sp³-hybridized carbons (Fsp3) is 0.636. The summed E-state index contributed by atoms with van der Waals surface area (Å²) in [6.45, 7) is 4.17. The molecular weight excluding hydrogens is 493 g/mol. The van der Waals surface area contributed by atoms with Gasteiger partial charge < -0.3 is 33.1 Å². The van der Waals surface area contributed by atoms with Crippen LogP contribution in [0.2, 0.25) is 0 Å². The maximum absolute atomic E-state index is 15.1. The summed E-state index contributed by atoms with van der Waals surface area (Å²) < 4.78 is 74.0. The quantitative estimate of drug-likeness (QED) is 0.321. The number of aliphatic hydroxyl groups excluding tert-OH is 1. The van der Waals surface area contributed by atoms with Crippen LogP contribution in [-0.2, 0) is 48.8 Å². The van der Waals surface area contributed by atoms with Gasteiger partial charge in [0, 0.05) is 13.8 Å². The van der Waals surface area contributed by atoms with E-state index in [0.717, 1.165) is 13.8 Å². The summed E-state index contributed by atoms with van der Waals surface area (Å²) in [5.41, 5.74) is -3.39. The minimum absolute atomic E-state index is 0.0537. The molecule has 0 aromatic heterocycles. The van der Waals surface area contributed by atoms with Crippen LogP contribution in [0.15, 0.2) is 30.3 Å². The standard InChI is InChI=1S/C22H31F2O10P/c1-5-30-35(28,31-6-2)22(23,24)12-17-18(27)19(32-14(3)25)20(21(34-17)33-15(4)26)29-13-16-10-8-7-9-11-16/h7-11,17-21,27H,5-6,12-13H2,1-4H3/t17-,18-,19+,20+,21?/m1/s1. The minimum Gasteiger partial charge on any atom is -0.457 e. The maximum Gasteiger partial charge on any atom is 0.399 e. The summed E-state index contributed by atoms with van der Waals surface area (Å²) in [4.78, 5) is 23.5. The minimum atomic E-state index is -4.95. The molecule has 1 aromatic rings. The van der Waals surface area contributed by atoms with Crippen molar-refractivity contribution in [3.63, 3.8) is 0 Å². The maximum atomic E-state index is 15.1. The average molecular weight is 524 g/mol. The number of esters is 2. The van der Waals surface area contributed by atoms with Crippen LogP contribution in [-0.4, -0.2) is 66.6 Å². The molecule has 1 saturated heterocycles. The molecule has 0 radical (unpaired) electrons. The summed E-state index contributed by atoms with van der Waals surface area (Å²) in [6, 6.07) is 8.78. The highest BCUT2D eigenvalue weighted by atomic mass is 31.2. The van der Waals surface area contributed by atoms with Crippen molar-refractivity contribution in [3.8, 4) is 0 Å². The summed E-state index contributed by atoms with van der Waals surface area (Å²) in [5.74, 6) is -1.67. The highest BCUT2D eigenvalue weighted by Gasteiger charge is 2.59. The number of benzene rings is 1. The lowest BCUT2D eigenvalue weighted by molar-refractivity contribution is -0.305. The molecule has 1 aliphatic heterocycles. The molecule has 1 fully saturated rings. The number of carbonyl (C=O) groups is 2. The van der Waals surface area contributed by atoms with Crippen molar-refractivity contribution in [2.45, 2.75) is 77.1 Å². The van der Waals surface area contributed by atoms with Gasteiger partial charge in [-0.1, -0.05) is 30.3 Å². The number of carbonyl (C=O) groups excluding carboxylic acids is 2. The molecule has 0 amide bonds. The molecule has 198 valence electrons. The summed E-state index contributed by atoms with van der Waals surface area (Å²) in [6.07, 6.45) is -9.50. The molecule has 0 saturated carbocycles. The Balaban J connectivity index is 2.35. The second-order valence-electron chi connectivity index (χ2n) is 7.68. The van der Waals surface area contributed by atoms with Gasteiger partial charge in [-0.2, -0.15) is 8.78 Å². The van der Waals surface area contributed by atoms with E-state index in [9.17, 15) is 19.3 Å². The van der Waals surface area contributed by atoms with Gasteiger partial charge in [-0.3, -0.25) is 14.2 Å². The van der Waals surface area contributed by atoms with Gasteiger partial charge in [0.1, 0.15) is 6.10 Å². The smallest absolute Gasteiger partial charge is 0.399 e. The Hall–Kier alpha value is -1.95. The first kappa shape index (κ1) is 29.3. The van der Waals surface area contributed by atoms with Gasteiger partial charge in [0.15, 0.2) is 12.2 Å². The van der Waals surface area contributed by atoms with Crippen molar-refractivity contribution >= 4 is 19.5 Å². The van der Waals surface area contributed by atoms with Crippen LogP contribution in [0.1, 0.15) is 39.7 Å². The molecule has 1 aromatic carbocycles. The molecule has 1 N–H and O–H groups in total. The third-order valence-electron chi connectivity index (χ3n) is 4.93. The Morgan fingerprint density at radius 3 is 2.11 bits per heavy atom. The molecule has 1 unspecified atom stereocenters. The number of hydrogen-bond donors (Lipinski definition) is 1. The first-order valence-corrected chi connectivity index (χ1v) is 12.6. The van der Waals surface area contributed by atoms with Crippen molar-refractivity contribution in [2.75, 3.05) is 13.2 Å². The van der Waals surface area contributed by atoms with Crippen LogP contribution in [0, 0.1) is 0 Å². The van der Waals surface area contributed by atoms with Crippen molar-refractivity contribution in [1.82, 2.24) is 0 Å². The fourth-order valence-corrected chi connectivity index (χ4v) is 5.04. The predicted molar refractivity (Wildman–Crippen MR) is 117 cm³/mol. The zero-order valence-corrected chi connectivity index (χ0v) is 20.8. The molecule has 1 aliphatic rings. The Kier molecular flexibility index (Phi) is 10.7. The molecule has 0 aliphatic carbocycles. The van der Waals surface area contributed by atoms with E-state index in [1.165, 1.54) is 13.8 Å². The van der Waals surface area contributed by atoms with Crippen LogP contribution >= 0.6 is 7.60 Å². The summed E-state index contributed by atoms with van der Waals surface area (Å²) in [5, 5.41) is 10.9. The number of alkyl halides is 2. The van der Waals surface area contributed by atoms with E-state index in [1.807, 2.05) is 0 Å². The third-order valence-corrected chi connectivity index (χ3v) is 7.11. The highest BCUT2D eigenvalue weighted by Crippen LogP contribution is 2.64. The van der Waals surface area contributed by atoms with Crippen LogP contribution in [0.5, 0.6) is 0 Å². The SMILES string of the molecule is CCOP(=O)(OCC)C(F)(F)C[C@H]1OC(OC(C)=O)[C@@H](OCc2ccccc2)[C@@H](OC(C)=O)[C@@H]1O. The monoisotopic (exact) mass is 524 g/mol. The van der Waals surface area contributed by atoms with Crippen molar-refractivity contribution in [2.24, 2.45) is 0 Å². The van der Waals surface area contributed by atoms with Crippen LogP contribution in [0.4, 0.5) is 8.78 Å². The lowest BCUT2D eigenvalue weighted by atomic mass is 9.96. The number of rotatable bonds is 12. The van der Waals surface area contributed by atoms with Gasteiger partial charge in [0.05, 0.1) is 32.3 Å². The van der Waals surface area contributed by atoms with E-state index < -0.39 is 62.3 Å². The molecule has 0 bridgehead atoms. The highest BCUT2D eigenvalue weighted by molar-refractivity contribution is 7.55. The van der Waals surface area contributed by atoms with E-state index in [0.29, 0.717) is 5.56 Å². The van der Waals surface area contributed by atoms with Crippen LogP contribution in [0.3, 0.4) is 0 Å². The second-order valence-corrected chi connectivity index (χ2v) is 9.85. The Morgan fingerprint density at radius 2 is 1.60 bits per heavy atom. The predicted octanol–water partition coefficient (Wildman–Crippen LogP) is 3.40. The zero-order valence-electron chi connectivity index (χ0n) is 19.9. The van der Waals surface area contributed by atoms with Gasteiger partial charge in [-0.05, 0) is 19.4 Å². The number of hydrogen-bond acceptors (Lipinski definition) is 10. The largest absolute Gasteiger partial charge is 0.457 e. The van der Waals surface area contributed by atoms with E-state index >= 15 is 8.78 Å². The third kappa shape index (κ3) is 7.77. The normalized spacial score (nSPS) is 25.2. The van der Waals surface area contributed by atoms with Gasteiger partial charge in [-0.25, -0.2) is 0 Å². The molecule has 5 atom stereocenters. The van der Waals surface area contributed by atoms with Gasteiger partial charge in [0.25, 0.3) is 0 Å². The Morgan fingerprint density at radius 1 is 1.03 bits per heavy atom. The van der Waals surface area contributed by atoms with Crippen molar-refractivity contribution < 1.29 is 56.0 Å². The van der Waals surface area contributed by atoms with Crippen molar-refractivity contribution in [3.05, 3.63) is 35.9 Å². The lowest BCUT2D eigenvalue weighted by Crippen LogP contribution is -2.61. The van der Waals surface area contributed by atoms with Crippen LogP contribution in [0.25, 0.3) is 0 Å². The summed E-state index contributed by atoms with van der Waals surface area (Å²) >= 11 is 0. The number of ether oxygens (including phenoxy) is 4. The molecule has 10 nitrogen and oxygen atoms in total. The van der Waals surface area contributed by atoms with E-state index in [1.54, 1.807) is 30.3 Å². The van der Waals surface area contributed by atoms with Gasteiger partial charge in [-0.15, -0.1) is 0 Å². The first-order valence-electron chi connectivity index (χ1n) is 11.0. The lowest BCUT2D eigenvalue weighted by Gasteiger charge is -2.44. The van der Waals surface area contributed by atoms with Crippen LogP contribution < -0.4 is 0 Å². The van der Waals surface area contributed by atoms with Crippen molar-refractivity contribution in [1.29, 1.82) is 0 Å².